The van der Waals surface area contributed by atoms with Crippen LogP contribution in [0.4, 0.5) is 11.6 Å². The van der Waals surface area contributed by atoms with E-state index in [1.54, 1.807) is 6.07 Å². The smallest absolute Gasteiger partial charge is 0.138 e. The zero-order chi connectivity index (χ0) is 13.1. The first-order valence-electron chi connectivity index (χ1n) is 6.24. The summed E-state index contributed by atoms with van der Waals surface area (Å²) in [6, 6.07) is 2.20. The second-order valence-corrected chi connectivity index (χ2v) is 5.59. The lowest BCUT2D eigenvalue weighted by Crippen LogP contribution is -2.21. The summed E-state index contributed by atoms with van der Waals surface area (Å²) in [7, 11) is 0. The van der Waals surface area contributed by atoms with E-state index in [1.165, 1.54) is 0 Å². The average molecular weight is 236 g/mol. The predicted molar refractivity (Wildman–Crippen MR) is 73.1 cm³/mol. The van der Waals surface area contributed by atoms with Gasteiger partial charge < -0.3 is 11.1 Å². The van der Waals surface area contributed by atoms with Gasteiger partial charge in [0.25, 0.3) is 0 Å². The van der Waals surface area contributed by atoms with Gasteiger partial charge in [0, 0.05) is 17.5 Å². The molecule has 0 aromatic carbocycles. The highest BCUT2D eigenvalue weighted by molar-refractivity contribution is 5.45. The summed E-state index contributed by atoms with van der Waals surface area (Å²) in [4.78, 5) is 8.81. The van der Waals surface area contributed by atoms with Gasteiger partial charge in [-0.2, -0.15) is 0 Å². The molecule has 1 atom stereocenters. The summed E-state index contributed by atoms with van der Waals surface area (Å²) in [6.45, 7) is 10.6. The lowest BCUT2D eigenvalue weighted by molar-refractivity contribution is 0.546. The zero-order valence-corrected chi connectivity index (χ0v) is 11.5. The Morgan fingerprint density at radius 2 is 2.00 bits per heavy atom. The molecule has 1 heterocycles. The van der Waals surface area contributed by atoms with E-state index in [0.29, 0.717) is 11.9 Å². The molecule has 17 heavy (non-hydrogen) atoms. The molecule has 0 amide bonds. The van der Waals surface area contributed by atoms with Crippen LogP contribution in [-0.4, -0.2) is 16.0 Å². The molecular weight excluding hydrogens is 212 g/mol. The predicted octanol–water partition coefficient (Wildman–Crippen LogP) is 2.96. The third-order valence-corrected chi connectivity index (χ3v) is 2.53. The van der Waals surface area contributed by atoms with Crippen LogP contribution in [0.25, 0.3) is 0 Å². The molecule has 0 saturated carbocycles. The maximum Gasteiger partial charge on any atom is 0.138 e. The number of hydrogen-bond acceptors (Lipinski definition) is 4. The van der Waals surface area contributed by atoms with Crippen LogP contribution in [0, 0.1) is 0 Å². The van der Waals surface area contributed by atoms with Crippen molar-refractivity contribution in [3.63, 3.8) is 0 Å². The van der Waals surface area contributed by atoms with Crippen LogP contribution < -0.4 is 11.1 Å². The van der Waals surface area contributed by atoms with Crippen molar-refractivity contribution in [2.24, 2.45) is 0 Å². The second kappa shape index (κ2) is 5.34. The monoisotopic (exact) mass is 236 g/mol. The molecule has 0 saturated heterocycles. The van der Waals surface area contributed by atoms with Gasteiger partial charge in [-0.3, -0.25) is 0 Å². The van der Waals surface area contributed by atoms with Gasteiger partial charge in [0.1, 0.15) is 17.5 Å². The van der Waals surface area contributed by atoms with Crippen LogP contribution in [0.3, 0.4) is 0 Å². The number of hydrogen-bond donors (Lipinski definition) is 2. The molecule has 1 rings (SSSR count). The average Bonchev–Trinajstić information content (AvgIpc) is 2.15. The Hall–Kier alpha value is -1.32. The summed E-state index contributed by atoms with van der Waals surface area (Å²) in [5.41, 5.74) is 5.73. The van der Waals surface area contributed by atoms with Gasteiger partial charge in [0.2, 0.25) is 0 Å². The minimum atomic E-state index is -0.0835. The van der Waals surface area contributed by atoms with Crippen LogP contribution >= 0.6 is 0 Å². The van der Waals surface area contributed by atoms with Crippen molar-refractivity contribution in [3.8, 4) is 0 Å². The molecule has 0 spiro atoms. The van der Waals surface area contributed by atoms with E-state index >= 15 is 0 Å². The number of nitrogen functional groups attached to an aromatic ring is 1. The Balaban J connectivity index is 2.90. The van der Waals surface area contributed by atoms with Crippen LogP contribution in [-0.2, 0) is 5.41 Å². The third-order valence-electron chi connectivity index (χ3n) is 2.53. The topological polar surface area (TPSA) is 63.8 Å². The fraction of sp³-hybridized carbons (Fsp3) is 0.692. The number of nitrogens with two attached hydrogens (primary N) is 1. The van der Waals surface area contributed by atoms with Crippen molar-refractivity contribution < 1.29 is 0 Å². The molecule has 1 aromatic rings. The van der Waals surface area contributed by atoms with E-state index < -0.39 is 0 Å². The molecule has 96 valence electrons. The van der Waals surface area contributed by atoms with Crippen LogP contribution in [0.5, 0.6) is 0 Å². The third kappa shape index (κ3) is 4.21. The van der Waals surface area contributed by atoms with Gasteiger partial charge in [-0.25, -0.2) is 9.97 Å². The van der Waals surface area contributed by atoms with Crippen molar-refractivity contribution >= 4 is 11.6 Å². The van der Waals surface area contributed by atoms with Gasteiger partial charge >= 0.3 is 0 Å². The van der Waals surface area contributed by atoms with E-state index in [1.807, 2.05) is 0 Å². The Morgan fingerprint density at radius 1 is 1.35 bits per heavy atom. The van der Waals surface area contributed by atoms with E-state index in [9.17, 15) is 0 Å². The largest absolute Gasteiger partial charge is 0.384 e. The fourth-order valence-corrected chi connectivity index (χ4v) is 1.63. The van der Waals surface area contributed by atoms with Gasteiger partial charge in [-0.15, -0.1) is 0 Å². The van der Waals surface area contributed by atoms with E-state index in [2.05, 4.69) is 49.9 Å². The molecule has 0 aliphatic rings. The van der Waals surface area contributed by atoms with Crippen LogP contribution in [0.15, 0.2) is 6.07 Å². The van der Waals surface area contributed by atoms with Crippen LogP contribution in [0.1, 0.15) is 53.3 Å². The summed E-state index contributed by atoms with van der Waals surface area (Å²) in [5.74, 6) is 2.13. The highest BCUT2D eigenvalue weighted by Crippen LogP contribution is 2.21. The minimum absolute atomic E-state index is 0.0835. The normalized spacial score (nSPS) is 13.5. The lowest BCUT2D eigenvalue weighted by Gasteiger charge is -2.19. The summed E-state index contributed by atoms with van der Waals surface area (Å²) >= 11 is 0. The minimum Gasteiger partial charge on any atom is -0.384 e. The Labute approximate surface area is 104 Å². The second-order valence-electron chi connectivity index (χ2n) is 5.59. The maximum atomic E-state index is 5.81. The van der Waals surface area contributed by atoms with Gasteiger partial charge in [-0.05, 0) is 13.3 Å². The molecule has 3 N–H and O–H groups in total. The van der Waals surface area contributed by atoms with Gasteiger partial charge in [0.05, 0.1) is 0 Å². The highest BCUT2D eigenvalue weighted by atomic mass is 15.1. The maximum absolute atomic E-state index is 5.81. The summed E-state index contributed by atoms with van der Waals surface area (Å²) < 4.78 is 0. The molecule has 0 bridgehead atoms. The van der Waals surface area contributed by atoms with Crippen LogP contribution in [0.2, 0.25) is 0 Å². The molecule has 4 heteroatoms. The van der Waals surface area contributed by atoms with Gasteiger partial charge in [-0.1, -0.05) is 34.1 Å². The van der Waals surface area contributed by atoms with Crippen molar-refractivity contribution in [3.05, 3.63) is 11.9 Å². The van der Waals surface area contributed by atoms with Crippen molar-refractivity contribution in [1.82, 2.24) is 9.97 Å². The zero-order valence-electron chi connectivity index (χ0n) is 11.5. The lowest BCUT2D eigenvalue weighted by atomic mass is 9.96. The molecule has 1 aromatic heterocycles. The Kier molecular flexibility index (Phi) is 4.32. The first-order valence-corrected chi connectivity index (χ1v) is 6.24. The highest BCUT2D eigenvalue weighted by Gasteiger charge is 2.18. The number of aromatic nitrogens is 2. The Bertz CT molecular complexity index is 368. The van der Waals surface area contributed by atoms with Crippen molar-refractivity contribution in [2.45, 2.75) is 58.9 Å². The number of nitrogens with zero attached hydrogens (tertiary/aromatic N) is 2. The first kappa shape index (κ1) is 13.7. The fourth-order valence-electron chi connectivity index (χ4n) is 1.63. The van der Waals surface area contributed by atoms with Crippen molar-refractivity contribution in [1.29, 1.82) is 0 Å². The van der Waals surface area contributed by atoms with E-state index in [4.69, 9.17) is 5.73 Å². The molecule has 0 aliphatic heterocycles. The summed E-state index contributed by atoms with van der Waals surface area (Å²) in [5, 5.41) is 3.36. The number of rotatable bonds is 4. The molecule has 0 fully saturated rings. The van der Waals surface area contributed by atoms with E-state index in [-0.39, 0.29) is 5.41 Å². The standard InChI is InChI=1S/C13H24N4/c1-6-7-9(2)15-11-8-10(14)16-12(17-11)13(3,4)5/h8-9H,6-7H2,1-5H3,(H3,14,15,16,17). The van der Waals surface area contributed by atoms with Gasteiger partial charge in [0.15, 0.2) is 0 Å². The summed E-state index contributed by atoms with van der Waals surface area (Å²) in [6.07, 6.45) is 2.27. The molecule has 1 unspecified atom stereocenters. The molecule has 0 aliphatic carbocycles. The van der Waals surface area contributed by atoms with E-state index in [0.717, 1.165) is 24.5 Å². The molecular formula is C13H24N4. The molecule has 0 radical (unpaired) electrons. The SMILES string of the molecule is CCCC(C)Nc1cc(N)nc(C(C)(C)C)n1. The van der Waals surface area contributed by atoms with Crippen molar-refractivity contribution in [2.75, 3.05) is 11.1 Å². The number of nitrogens with one attached hydrogen (secondary N) is 1. The molecule has 4 nitrogen and oxygen atoms in total. The first-order chi connectivity index (χ1) is 7.82. The Morgan fingerprint density at radius 3 is 2.53 bits per heavy atom. The number of anilines is 2. The quantitative estimate of drug-likeness (QED) is 0.843.